The number of hydrogen-bond donors (Lipinski definition) is 0. The largest absolute Gasteiger partial charge is 0.462 e. The van der Waals surface area contributed by atoms with Crippen LogP contribution in [0, 0.1) is 11.3 Å². The number of rotatable bonds is 1. The predicted molar refractivity (Wildman–Crippen MR) is 54.9 cm³/mol. The minimum absolute atomic E-state index is 0.105. The van der Waals surface area contributed by atoms with Crippen molar-refractivity contribution in [2.24, 2.45) is 11.3 Å². The molecule has 2 saturated carbocycles. The van der Waals surface area contributed by atoms with Crippen LogP contribution in [0.25, 0.3) is 0 Å². The van der Waals surface area contributed by atoms with Crippen molar-refractivity contribution in [1.82, 2.24) is 0 Å². The molecule has 2 nitrogen and oxygen atoms in total. The molecule has 2 rings (SSSR count). The third-order valence-electron chi connectivity index (χ3n) is 4.16. The number of esters is 1. The first-order valence-corrected chi connectivity index (χ1v) is 5.79. The molecule has 0 saturated heterocycles. The molecular weight excluding hydrogens is 176 g/mol. The normalized spacial score (nSPS) is 41.9. The monoisotopic (exact) mass is 196 g/mol. The Morgan fingerprint density at radius 3 is 2.57 bits per heavy atom. The molecule has 3 atom stereocenters. The summed E-state index contributed by atoms with van der Waals surface area (Å²) in [4.78, 5) is 11.0. The maximum absolute atomic E-state index is 11.0. The van der Waals surface area contributed by atoms with Crippen molar-refractivity contribution in [3.05, 3.63) is 0 Å². The van der Waals surface area contributed by atoms with Crippen molar-refractivity contribution in [3.63, 3.8) is 0 Å². The summed E-state index contributed by atoms with van der Waals surface area (Å²) in [5.41, 5.74) is 0.471. The van der Waals surface area contributed by atoms with Gasteiger partial charge in [-0.2, -0.15) is 0 Å². The molecule has 2 aliphatic carbocycles. The molecule has 0 bridgehead atoms. The highest BCUT2D eigenvalue weighted by Gasteiger charge is 2.46. The van der Waals surface area contributed by atoms with E-state index in [2.05, 4.69) is 6.92 Å². The van der Waals surface area contributed by atoms with Crippen molar-refractivity contribution < 1.29 is 9.53 Å². The average molecular weight is 196 g/mol. The van der Waals surface area contributed by atoms with Crippen LogP contribution in [0.3, 0.4) is 0 Å². The first kappa shape index (κ1) is 10.0. The summed E-state index contributed by atoms with van der Waals surface area (Å²) in [6.07, 6.45) is 7.76. The van der Waals surface area contributed by atoms with Gasteiger partial charge in [-0.15, -0.1) is 0 Å². The molecule has 2 heteroatoms. The van der Waals surface area contributed by atoms with Gasteiger partial charge in [0.2, 0.25) is 0 Å². The van der Waals surface area contributed by atoms with Crippen LogP contribution >= 0.6 is 0 Å². The fraction of sp³-hybridized carbons (Fsp3) is 0.917. The quantitative estimate of drug-likeness (QED) is 0.603. The van der Waals surface area contributed by atoms with Crippen LogP contribution in [-0.2, 0) is 9.53 Å². The Morgan fingerprint density at radius 2 is 1.93 bits per heavy atom. The maximum atomic E-state index is 11.0. The van der Waals surface area contributed by atoms with E-state index < -0.39 is 0 Å². The lowest BCUT2D eigenvalue weighted by Crippen LogP contribution is -2.38. The summed E-state index contributed by atoms with van der Waals surface area (Å²) in [5, 5.41) is 0. The van der Waals surface area contributed by atoms with Crippen LogP contribution < -0.4 is 0 Å². The topological polar surface area (TPSA) is 26.3 Å². The lowest BCUT2D eigenvalue weighted by atomic mass is 9.68. The molecule has 2 aliphatic rings. The Morgan fingerprint density at radius 1 is 1.29 bits per heavy atom. The standard InChI is InChI=1S/C12H20O2/c1-9(13)14-11-6-4-8-12(2)7-3-5-10(11)12/h10-11H,3-8H2,1-2H3. The molecule has 0 radical (unpaired) electrons. The molecule has 0 aromatic rings. The molecule has 0 heterocycles. The maximum Gasteiger partial charge on any atom is 0.302 e. The Kier molecular flexibility index (Phi) is 2.54. The minimum atomic E-state index is -0.105. The van der Waals surface area contributed by atoms with Crippen LogP contribution in [0.15, 0.2) is 0 Å². The summed E-state index contributed by atoms with van der Waals surface area (Å²) >= 11 is 0. The van der Waals surface area contributed by atoms with E-state index in [0.717, 1.165) is 6.42 Å². The zero-order valence-corrected chi connectivity index (χ0v) is 9.21. The first-order chi connectivity index (χ1) is 6.62. The Bertz CT molecular complexity index is 236. The van der Waals surface area contributed by atoms with E-state index in [4.69, 9.17) is 4.74 Å². The molecule has 0 aromatic carbocycles. The summed E-state index contributed by atoms with van der Waals surface area (Å²) in [5.74, 6) is 0.534. The second kappa shape index (κ2) is 3.56. The summed E-state index contributed by atoms with van der Waals surface area (Å²) < 4.78 is 5.43. The zero-order valence-electron chi connectivity index (χ0n) is 9.21. The van der Waals surface area contributed by atoms with Crippen LogP contribution in [0.1, 0.15) is 52.4 Å². The van der Waals surface area contributed by atoms with Gasteiger partial charge >= 0.3 is 5.97 Å². The average Bonchev–Trinajstić information content (AvgIpc) is 2.46. The van der Waals surface area contributed by atoms with Crippen LogP contribution in [0.4, 0.5) is 0 Å². The van der Waals surface area contributed by atoms with Gasteiger partial charge in [0.05, 0.1) is 0 Å². The Balaban J connectivity index is 2.07. The SMILES string of the molecule is CC(=O)OC1CCCC2(C)CCCC12. The molecule has 3 unspecified atom stereocenters. The summed E-state index contributed by atoms with van der Waals surface area (Å²) in [6.45, 7) is 3.90. The third-order valence-corrected chi connectivity index (χ3v) is 4.16. The van der Waals surface area contributed by atoms with Crippen molar-refractivity contribution in [2.45, 2.75) is 58.5 Å². The van der Waals surface area contributed by atoms with Crippen LogP contribution in [0.2, 0.25) is 0 Å². The van der Waals surface area contributed by atoms with Crippen LogP contribution in [-0.4, -0.2) is 12.1 Å². The zero-order chi connectivity index (χ0) is 10.2. The van der Waals surface area contributed by atoms with Crippen molar-refractivity contribution in [3.8, 4) is 0 Å². The highest BCUT2D eigenvalue weighted by atomic mass is 16.5. The molecule has 2 fully saturated rings. The third kappa shape index (κ3) is 1.67. The fourth-order valence-corrected chi connectivity index (χ4v) is 3.47. The minimum Gasteiger partial charge on any atom is -0.462 e. The van der Waals surface area contributed by atoms with Crippen molar-refractivity contribution >= 4 is 5.97 Å². The fourth-order valence-electron chi connectivity index (χ4n) is 3.47. The molecular formula is C12H20O2. The smallest absolute Gasteiger partial charge is 0.302 e. The van der Waals surface area contributed by atoms with E-state index in [9.17, 15) is 4.79 Å². The van der Waals surface area contributed by atoms with Gasteiger partial charge in [0.25, 0.3) is 0 Å². The highest BCUT2D eigenvalue weighted by molar-refractivity contribution is 5.66. The van der Waals surface area contributed by atoms with E-state index in [1.54, 1.807) is 0 Å². The van der Waals surface area contributed by atoms with Gasteiger partial charge in [0.15, 0.2) is 0 Å². The van der Waals surface area contributed by atoms with Crippen LogP contribution in [0.5, 0.6) is 0 Å². The summed E-state index contributed by atoms with van der Waals surface area (Å²) in [6, 6.07) is 0. The van der Waals surface area contributed by atoms with E-state index in [-0.39, 0.29) is 12.1 Å². The highest BCUT2D eigenvalue weighted by Crippen LogP contribution is 2.52. The molecule has 80 valence electrons. The van der Waals surface area contributed by atoms with Gasteiger partial charge < -0.3 is 4.74 Å². The van der Waals surface area contributed by atoms with E-state index in [1.807, 2.05) is 0 Å². The first-order valence-electron chi connectivity index (χ1n) is 5.79. The van der Waals surface area contributed by atoms with Gasteiger partial charge in [-0.05, 0) is 37.5 Å². The molecule has 0 spiro atoms. The predicted octanol–water partition coefficient (Wildman–Crippen LogP) is 2.91. The molecule has 0 N–H and O–H groups in total. The Hall–Kier alpha value is -0.530. The van der Waals surface area contributed by atoms with Crippen molar-refractivity contribution in [1.29, 1.82) is 0 Å². The second-order valence-corrected chi connectivity index (χ2v) is 5.19. The Labute approximate surface area is 86.0 Å². The van der Waals surface area contributed by atoms with Gasteiger partial charge in [-0.1, -0.05) is 13.3 Å². The summed E-state index contributed by atoms with van der Waals surface area (Å²) in [7, 11) is 0. The van der Waals surface area contributed by atoms with E-state index in [1.165, 1.54) is 39.0 Å². The molecule has 0 aromatic heterocycles. The van der Waals surface area contributed by atoms with E-state index >= 15 is 0 Å². The van der Waals surface area contributed by atoms with Crippen molar-refractivity contribution in [2.75, 3.05) is 0 Å². The molecule has 14 heavy (non-hydrogen) atoms. The van der Waals surface area contributed by atoms with E-state index in [0.29, 0.717) is 11.3 Å². The van der Waals surface area contributed by atoms with Gasteiger partial charge in [0, 0.05) is 12.8 Å². The number of fused-ring (bicyclic) bond motifs is 1. The number of hydrogen-bond acceptors (Lipinski definition) is 2. The number of carbonyl (C=O) groups is 1. The second-order valence-electron chi connectivity index (χ2n) is 5.19. The lowest BCUT2D eigenvalue weighted by molar-refractivity contribution is -0.154. The number of ether oxygens (including phenoxy) is 1. The number of carbonyl (C=O) groups excluding carboxylic acids is 1. The van der Waals surface area contributed by atoms with Gasteiger partial charge in [-0.3, -0.25) is 4.79 Å². The lowest BCUT2D eigenvalue weighted by Gasteiger charge is -2.41. The van der Waals surface area contributed by atoms with Gasteiger partial charge in [0.1, 0.15) is 6.10 Å². The molecule has 0 aliphatic heterocycles. The molecule has 0 amide bonds. The van der Waals surface area contributed by atoms with Gasteiger partial charge in [-0.25, -0.2) is 0 Å².